The van der Waals surface area contributed by atoms with Crippen LogP contribution in [0.5, 0.6) is 0 Å². The number of nitrogens with zero attached hydrogens (tertiary/aromatic N) is 2. The monoisotopic (exact) mass is 333 g/mol. The number of carbonyl (C=O) groups excluding carboxylic acids is 1. The van der Waals surface area contributed by atoms with Gasteiger partial charge < -0.3 is 14.6 Å². The topological polar surface area (TPSA) is 77.2 Å². The first-order valence-corrected chi connectivity index (χ1v) is 8.69. The summed E-state index contributed by atoms with van der Waals surface area (Å²) >= 11 is 1.46. The van der Waals surface area contributed by atoms with Crippen molar-refractivity contribution in [3.63, 3.8) is 0 Å². The normalized spacial score (nSPS) is 20.6. The Balaban J connectivity index is 1.67. The number of ether oxygens (including phenoxy) is 1. The van der Waals surface area contributed by atoms with Gasteiger partial charge in [-0.1, -0.05) is 5.16 Å². The van der Waals surface area contributed by atoms with Crippen LogP contribution in [-0.4, -0.2) is 41.6 Å². The first kappa shape index (κ1) is 16.0. The lowest BCUT2D eigenvalue weighted by Crippen LogP contribution is -2.40. The molecule has 0 aromatic carbocycles. The number of nitrogens with one attached hydrogen (secondary N) is 1. The average molecular weight is 333 g/mol. The van der Waals surface area contributed by atoms with Crippen molar-refractivity contribution in [1.82, 2.24) is 15.5 Å². The molecule has 1 saturated heterocycles. The molecular formula is C16H19N3O3S. The minimum atomic E-state index is -0.114. The summed E-state index contributed by atoms with van der Waals surface area (Å²) < 4.78 is 10.8. The molecule has 7 heteroatoms. The van der Waals surface area contributed by atoms with E-state index in [1.165, 1.54) is 11.8 Å². The van der Waals surface area contributed by atoms with Gasteiger partial charge in [-0.3, -0.25) is 4.79 Å². The third-order valence-corrected chi connectivity index (χ3v) is 4.58. The van der Waals surface area contributed by atoms with E-state index in [1.807, 2.05) is 19.2 Å². The van der Waals surface area contributed by atoms with Gasteiger partial charge in [0.25, 0.3) is 5.91 Å². The molecule has 0 saturated carbocycles. The van der Waals surface area contributed by atoms with Crippen molar-refractivity contribution in [2.24, 2.45) is 5.92 Å². The number of aryl methyl sites for hydroxylation is 1. The van der Waals surface area contributed by atoms with E-state index in [4.69, 9.17) is 9.26 Å². The molecular weight excluding hydrogens is 314 g/mol. The fourth-order valence-corrected chi connectivity index (χ4v) is 3.25. The molecule has 122 valence electrons. The second-order valence-electron chi connectivity index (χ2n) is 5.58. The van der Waals surface area contributed by atoms with Gasteiger partial charge in [-0.2, -0.15) is 0 Å². The molecule has 3 heterocycles. The molecule has 6 nitrogen and oxygen atoms in total. The lowest BCUT2D eigenvalue weighted by Gasteiger charge is -2.18. The Hall–Kier alpha value is -1.86. The fraction of sp³-hybridized carbons (Fsp3) is 0.438. The second kappa shape index (κ2) is 7.14. The van der Waals surface area contributed by atoms with E-state index in [-0.39, 0.29) is 17.9 Å². The maximum atomic E-state index is 12.5. The molecule has 1 amide bonds. The summed E-state index contributed by atoms with van der Waals surface area (Å²) in [5, 5.41) is 7.70. The zero-order chi connectivity index (χ0) is 16.2. The van der Waals surface area contributed by atoms with Crippen LogP contribution in [-0.2, 0) is 11.2 Å². The van der Waals surface area contributed by atoms with E-state index < -0.39 is 0 Å². The molecule has 3 rings (SSSR count). The van der Waals surface area contributed by atoms with Crippen molar-refractivity contribution in [1.29, 1.82) is 0 Å². The summed E-state index contributed by atoms with van der Waals surface area (Å²) in [5.41, 5.74) is 1.46. The predicted octanol–water partition coefficient (Wildman–Crippen LogP) is 2.09. The summed E-state index contributed by atoms with van der Waals surface area (Å²) in [5.74, 6) is 0.890. The van der Waals surface area contributed by atoms with Crippen LogP contribution in [0.4, 0.5) is 0 Å². The lowest BCUT2D eigenvalue weighted by atomic mass is 9.98. The Morgan fingerprint density at radius 2 is 2.35 bits per heavy atom. The molecule has 23 heavy (non-hydrogen) atoms. The van der Waals surface area contributed by atoms with Crippen molar-refractivity contribution < 1.29 is 14.1 Å². The highest BCUT2D eigenvalue weighted by molar-refractivity contribution is 7.98. The molecule has 1 aliphatic rings. The first-order valence-electron chi connectivity index (χ1n) is 7.47. The van der Waals surface area contributed by atoms with E-state index in [0.717, 1.165) is 16.5 Å². The van der Waals surface area contributed by atoms with Crippen molar-refractivity contribution in [3.8, 4) is 0 Å². The summed E-state index contributed by atoms with van der Waals surface area (Å²) in [4.78, 5) is 16.8. The molecule has 2 atom stereocenters. The standard InChI is InChI=1S/C16H19N3O3S/c1-10-6-12(22-19-10)7-11-8-21-9-14(11)18-15(20)13-4-3-5-17-16(13)23-2/h3-6,11,14H,7-9H2,1-2H3,(H,18,20). The molecule has 0 aliphatic carbocycles. The minimum absolute atomic E-state index is 0.0391. The number of hydrogen-bond donors (Lipinski definition) is 1. The van der Waals surface area contributed by atoms with Crippen LogP contribution >= 0.6 is 11.8 Å². The molecule has 0 bridgehead atoms. The maximum Gasteiger partial charge on any atom is 0.254 e. The van der Waals surface area contributed by atoms with Gasteiger partial charge in [0.15, 0.2) is 0 Å². The van der Waals surface area contributed by atoms with Crippen LogP contribution in [0.3, 0.4) is 0 Å². The molecule has 0 radical (unpaired) electrons. The summed E-state index contributed by atoms with van der Waals surface area (Å²) in [6, 6.07) is 5.44. The van der Waals surface area contributed by atoms with Crippen LogP contribution in [0.15, 0.2) is 33.9 Å². The largest absolute Gasteiger partial charge is 0.379 e. The Labute approximate surface area is 139 Å². The quantitative estimate of drug-likeness (QED) is 0.844. The number of thioether (sulfide) groups is 1. The predicted molar refractivity (Wildman–Crippen MR) is 86.5 cm³/mol. The van der Waals surface area contributed by atoms with E-state index >= 15 is 0 Å². The Morgan fingerprint density at radius 3 is 3.09 bits per heavy atom. The number of pyridine rings is 1. The van der Waals surface area contributed by atoms with Crippen LogP contribution in [0, 0.1) is 12.8 Å². The van der Waals surface area contributed by atoms with Gasteiger partial charge in [-0.25, -0.2) is 4.98 Å². The minimum Gasteiger partial charge on any atom is -0.379 e. The molecule has 2 aromatic heterocycles. The van der Waals surface area contributed by atoms with Crippen LogP contribution in [0.1, 0.15) is 21.8 Å². The number of rotatable bonds is 5. The van der Waals surface area contributed by atoms with Crippen molar-refractivity contribution in [2.45, 2.75) is 24.4 Å². The van der Waals surface area contributed by atoms with Gasteiger partial charge in [0.2, 0.25) is 0 Å². The van der Waals surface area contributed by atoms with E-state index in [0.29, 0.717) is 25.2 Å². The van der Waals surface area contributed by atoms with Crippen LogP contribution in [0.25, 0.3) is 0 Å². The number of aromatic nitrogens is 2. The first-order chi connectivity index (χ1) is 11.2. The molecule has 0 spiro atoms. The van der Waals surface area contributed by atoms with E-state index in [1.54, 1.807) is 18.3 Å². The lowest BCUT2D eigenvalue weighted by molar-refractivity contribution is 0.0921. The molecule has 1 fully saturated rings. The number of hydrogen-bond acceptors (Lipinski definition) is 6. The fourth-order valence-electron chi connectivity index (χ4n) is 2.70. The molecule has 1 aliphatic heterocycles. The summed E-state index contributed by atoms with van der Waals surface area (Å²) in [7, 11) is 0. The van der Waals surface area contributed by atoms with Gasteiger partial charge in [-0.05, 0) is 25.3 Å². The van der Waals surface area contributed by atoms with Crippen molar-refractivity contribution in [3.05, 3.63) is 41.4 Å². The Kier molecular flexibility index (Phi) is 4.97. The van der Waals surface area contributed by atoms with Crippen LogP contribution < -0.4 is 5.32 Å². The highest BCUT2D eigenvalue weighted by atomic mass is 32.2. The van der Waals surface area contributed by atoms with Gasteiger partial charge >= 0.3 is 0 Å². The van der Waals surface area contributed by atoms with E-state index in [9.17, 15) is 4.79 Å². The smallest absolute Gasteiger partial charge is 0.254 e. The zero-order valence-electron chi connectivity index (χ0n) is 13.1. The highest BCUT2D eigenvalue weighted by Crippen LogP contribution is 2.22. The Morgan fingerprint density at radius 1 is 1.48 bits per heavy atom. The number of amides is 1. The molecule has 1 N–H and O–H groups in total. The molecule has 2 unspecified atom stereocenters. The van der Waals surface area contributed by atoms with Gasteiger partial charge in [-0.15, -0.1) is 11.8 Å². The Bertz CT molecular complexity index is 689. The third kappa shape index (κ3) is 3.73. The van der Waals surface area contributed by atoms with Gasteiger partial charge in [0.1, 0.15) is 10.8 Å². The third-order valence-electron chi connectivity index (χ3n) is 3.86. The highest BCUT2D eigenvalue weighted by Gasteiger charge is 2.31. The van der Waals surface area contributed by atoms with Crippen LogP contribution in [0.2, 0.25) is 0 Å². The van der Waals surface area contributed by atoms with Gasteiger partial charge in [0, 0.05) is 24.6 Å². The second-order valence-corrected chi connectivity index (χ2v) is 6.37. The van der Waals surface area contributed by atoms with Crippen molar-refractivity contribution in [2.75, 3.05) is 19.5 Å². The van der Waals surface area contributed by atoms with Crippen molar-refractivity contribution >= 4 is 17.7 Å². The maximum absolute atomic E-state index is 12.5. The SMILES string of the molecule is CSc1ncccc1C(=O)NC1COCC1Cc1cc(C)no1. The molecule has 2 aromatic rings. The van der Waals surface area contributed by atoms with E-state index in [2.05, 4.69) is 15.5 Å². The zero-order valence-corrected chi connectivity index (χ0v) is 13.9. The average Bonchev–Trinajstić information content (AvgIpc) is 3.17. The number of carbonyl (C=O) groups is 1. The van der Waals surface area contributed by atoms with Gasteiger partial charge in [0.05, 0.1) is 30.5 Å². The summed E-state index contributed by atoms with van der Waals surface area (Å²) in [6.45, 7) is 3.01. The summed E-state index contributed by atoms with van der Waals surface area (Å²) in [6.07, 6.45) is 4.30.